The fraction of sp³-hybridized carbons (Fsp3) is 0.188. The van der Waals surface area contributed by atoms with Crippen LogP contribution >= 0.6 is 0 Å². The normalized spacial score (nSPS) is 11.0. The van der Waals surface area contributed by atoms with Gasteiger partial charge < -0.3 is 10.5 Å². The van der Waals surface area contributed by atoms with E-state index in [2.05, 4.69) is 0 Å². The molecule has 0 aliphatic heterocycles. The quantitative estimate of drug-likeness (QED) is 0.870. The topological polar surface area (TPSA) is 89.7 Å². The molecule has 0 aliphatic carbocycles. The largest absolute Gasteiger partial charge is 0.496 e. The molecular weight excluding hydrogens is 316 g/mol. The number of nitrogens with zero attached hydrogens (tertiary/aromatic N) is 1. The molecule has 0 fully saturated rings. The van der Waals surface area contributed by atoms with Crippen LogP contribution in [-0.2, 0) is 14.8 Å². The first-order valence-corrected chi connectivity index (χ1v) is 8.31. The predicted molar refractivity (Wildman–Crippen MR) is 87.9 cm³/mol. The summed E-state index contributed by atoms with van der Waals surface area (Å²) in [4.78, 5) is 11.4. The summed E-state index contributed by atoms with van der Waals surface area (Å²) in [5.41, 5.74) is 6.27. The fourth-order valence-corrected chi connectivity index (χ4v) is 3.71. The third-order valence-electron chi connectivity index (χ3n) is 3.30. The molecule has 2 rings (SSSR count). The SMILES string of the molecule is COc1ccc(S(=O)(=O)N(CC(N)=O)c2ccccc2)cc1C. The zero-order valence-electron chi connectivity index (χ0n) is 12.9. The van der Waals surface area contributed by atoms with Crippen molar-refractivity contribution in [1.82, 2.24) is 0 Å². The molecule has 0 radical (unpaired) electrons. The highest BCUT2D eigenvalue weighted by Crippen LogP contribution is 2.26. The van der Waals surface area contributed by atoms with Crippen LogP contribution < -0.4 is 14.8 Å². The van der Waals surface area contributed by atoms with Crippen molar-refractivity contribution in [1.29, 1.82) is 0 Å². The number of anilines is 1. The maximum atomic E-state index is 12.9. The summed E-state index contributed by atoms with van der Waals surface area (Å²) in [5, 5.41) is 0. The van der Waals surface area contributed by atoms with Crippen LogP contribution in [-0.4, -0.2) is 28.0 Å². The number of carbonyl (C=O) groups excluding carboxylic acids is 1. The molecule has 0 bridgehead atoms. The lowest BCUT2D eigenvalue weighted by atomic mass is 10.2. The number of hydrogen-bond donors (Lipinski definition) is 1. The molecule has 2 aromatic rings. The van der Waals surface area contributed by atoms with E-state index in [9.17, 15) is 13.2 Å². The van der Waals surface area contributed by atoms with Crippen LogP contribution in [0, 0.1) is 6.92 Å². The van der Waals surface area contributed by atoms with Crippen molar-refractivity contribution in [3.63, 3.8) is 0 Å². The molecular formula is C16H18N2O4S. The Morgan fingerprint density at radius 2 is 1.83 bits per heavy atom. The Balaban J connectivity index is 2.52. The molecule has 122 valence electrons. The first-order valence-electron chi connectivity index (χ1n) is 6.87. The van der Waals surface area contributed by atoms with Crippen molar-refractivity contribution < 1.29 is 17.9 Å². The van der Waals surface area contributed by atoms with Crippen LogP contribution in [0.2, 0.25) is 0 Å². The van der Waals surface area contributed by atoms with E-state index in [0.717, 1.165) is 4.31 Å². The van der Waals surface area contributed by atoms with Gasteiger partial charge in [0.2, 0.25) is 5.91 Å². The van der Waals surface area contributed by atoms with Crippen molar-refractivity contribution >= 4 is 21.6 Å². The smallest absolute Gasteiger partial charge is 0.264 e. The molecule has 0 atom stereocenters. The second kappa shape index (κ2) is 6.70. The van der Waals surface area contributed by atoms with Crippen LogP contribution in [0.4, 0.5) is 5.69 Å². The number of benzene rings is 2. The molecule has 0 saturated carbocycles. The lowest BCUT2D eigenvalue weighted by molar-refractivity contribution is -0.116. The second-order valence-corrected chi connectivity index (χ2v) is 6.81. The van der Waals surface area contributed by atoms with Crippen molar-refractivity contribution in [2.45, 2.75) is 11.8 Å². The van der Waals surface area contributed by atoms with Crippen LogP contribution in [0.1, 0.15) is 5.56 Å². The maximum Gasteiger partial charge on any atom is 0.264 e. The molecule has 0 unspecified atom stereocenters. The van der Waals surface area contributed by atoms with Crippen molar-refractivity contribution in [2.24, 2.45) is 5.73 Å². The molecule has 0 spiro atoms. The molecule has 0 saturated heterocycles. The average molecular weight is 334 g/mol. The third-order valence-corrected chi connectivity index (χ3v) is 5.07. The number of nitrogens with two attached hydrogens (primary N) is 1. The highest BCUT2D eigenvalue weighted by Gasteiger charge is 2.26. The molecule has 7 heteroatoms. The van der Waals surface area contributed by atoms with Crippen LogP contribution in [0.15, 0.2) is 53.4 Å². The van der Waals surface area contributed by atoms with Crippen molar-refractivity contribution in [2.75, 3.05) is 18.0 Å². The molecule has 23 heavy (non-hydrogen) atoms. The summed E-state index contributed by atoms with van der Waals surface area (Å²) in [6.45, 7) is 1.32. The van der Waals surface area contributed by atoms with E-state index in [1.54, 1.807) is 43.3 Å². The van der Waals surface area contributed by atoms with E-state index >= 15 is 0 Å². The minimum Gasteiger partial charge on any atom is -0.496 e. The van der Waals surface area contributed by atoms with Gasteiger partial charge in [-0.15, -0.1) is 0 Å². The molecule has 0 aliphatic rings. The standard InChI is InChI=1S/C16H18N2O4S/c1-12-10-14(8-9-15(12)22-2)23(20,21)18(11-16(17)19)13-6-4-3-5-7-13/h3-10H,11H2,1-2H3,(H2,17,19). The minimum absolute atomic E-state index is 0.0703. The molecule has 0 aromatic heterocycles. The number of primary amides is 1. The second-order valence-electron chi connectivity index (χ2n) is 4.94. The minimum atomic E-state index is -3.92. The number of methoxy groups -OCH3 is 1. The van der Waals surface area contributed by atoms with Crippen LogP contribution in [0.3, 0.4) is 0 Å². The van der Waals surface area contributed by atoms with Gasteiger partial charge in [-0.1, -0.05) is 18.2 Å². The summed E-state index contributed by atoms with van der Waals surface area (Å²) in [7, 11) is -2.41. The Morgan fingerprint density at radius 3 is 2.35 bits per heavy atom. The van der Waals surface area contributed by atoms with Gasteiger partial charge >= 0.3 is 0 Å². The Kier molecular flexibility index (Phi) is 4.90. The first-order chi connectivity index (χ1) is 10.9. The Hall–Kier alpha value is -2.54. The number of ether oxygens (including phenoxy) is 1. The van der Waals surface area contributed by atoms with Gasteiger partial charge in [0.1, 0.15) is 12.3 Å². The fourth-order valence-electron chi connectivity index (χ4n) is 2.19. The third kappa shape index (κ3) is 3.62. The van der Waals surface area contributed by atoms with E-state index in [4.69, 9.17) is 10.5 Å². The highest BCUT2D eigenvalue weighted by atomic mass is 32.2. The molecule has 2 aromatic carbocycles. The summed E-state index contributed by atoms with van der Waals surface area (Å²) >= 11 is 0. The molecule has 0 heterocycles. The number of carbonyl (C=O) groups is 1. The molecule has 6 nitrogen and oxygen atoms in total. The van der Waals surface area contributed by atoms with E-state index in [-0.39, 0.29) is 4.90 Å². The highest BCUT2D eigenvalue weighted by molar-refractivity contribution is 7.92. The predicted octanol–water partition coefficient (Wildman–Crippen LogP) is 1.68. The van der Waals surface area contributed by atoms with Crippen LogP contribution in [0.5, 0.6) is 5.75 Å². The van der Waals surface area contributed by atoms with Gasteiger partial charge in [0.25, 0.3) is 10.0 Å². The summed E-state index contributed by atoms with van der Waals surface area (Å²) in [6, 6.07) is 12.9. The number of rotatable bonds is 6. The van der Waals surface area contributed by atoms with Crippen LogP contribution in [0.25, 0.3) is 0 Å². The Morgan fingerprint density at radius 1 is 1.17 bits per heavy atom. The lowest BCUT2D eigenvalue weighted by Gasteiger charge is -2.23. The maximum absolute atomic E-state index is 12.9. The Labute approximate surface area is 135 Å². The Bertz CT molecular complexity index is 804. The summed E-state index contributed by atoms with van der Waals surface area (Å²) in [5.74, 6) is -0.146. The number of aryl methyl sites for hydroxylation is 1. The van der Waals surface area contributed by atoms with Crippen molar-refractivity contribution in [3.8, 4) is 5.75 Å². The number of para-hydroxylation sites is 1. The van der Waals surface area contributed by atoms with Gasteiger partial charge in [0.15, 0.2) is 0 Å². The summed E-state index contributed by atoms with van der Waals surface area (Å²) < 4.78 is 31.9. The van der Waals surface area contributed by atoms with E-state index in [0.29, 0.717) is 17.0 Å². The van der Waals surface area contributed by atoms with Gasteiger partial charge in [-0.3, -0.25) is 9.10 Å². The van der Waals surface area contributed by atoms with E-state index in [1.165, 1.54) is 19.2 Å². The molecule has 2 N–H and O–H groups in total. The number of hydrogen-bond acceptors (Lipinski definition) is 4. The van der Waals surface area contributed by atoms with E-state index in [1.807, 2.05) is 0 Å². The molecule has 1 amide bonds. The average Bonchev–Trinajstić information content (AvgIpc) is 2.53. The lowest BCUT2D eigenvalue weighted by Crippen LogP contribution is -2.38. The van der Waals surface area contributed by atoms with Gasteiger partial charge in [-0.25, -0.2) is 8.42 Å². The first kappa shape index (κ1) is 16.8. The van der Waals surface area contributed by atoms with Gasteiger partial charge in [0, 0.05) is 0 Å². The van der Waals surface area contributed by atoms with Crippen molar-refractivity contribution in [3.05, 3.63) is 54.1 Å². The van der Waals surface area contributed by atoms with Gasteiger partial charge in [-0.05, 0) is 42.8 Å². The number of sulfonamides is 1. The van der Waals surface area contributed by atoms with Gasteiger partial charge in [-0.2, -0.15) is 0 Å². The zero-order valence-corrected chi connectivity index (χ0v) is 13.7. The van der Waals surface area contributed by atoms with Gasteiger partial charge in [0.05, 0.1) is 17.7 Å². The zero-order chi connectivity index (χ0) is 17.0. The number of amides is 1. The summed E-state index contributed by atoms with van der Waals surface area (Å²) in [6.07, 6.45) is 0. The van der Waals surface area contributed by atoms with E-state index < -0.39 is 22.5 Å². The monoisotopic (exact) mass is 334 g/mol.